The molecular weight excluding hydrogens is 298 g/mol. The largest absolute Gasteiger partial charge is 0.465 e. The molecule has 0 aliphatic rings. The van der Waals surface area contributed by atoms with Crippen LogP contribution in [-0.2, 0) is 11.2 Å². The van der Waals surface area contributed by atoms with E-state index in [4.69, 9.17) is 20.4 Å². The first-order valence-electron chi connectivity index (χ1n) is 6.45. The van der Waals surface area contributed by atoms with Gasteiger partial charge < -0.3 is 31.0 Å². The van der Waals surface area contributed by atoms with Crippen LogP contribution in [0.5, 0.6) is 0 Å². The molecule has 0 aromatic carbocycles. The smallest absolute Gasteiger partial charge is 0.405 e. The Morgan fingerprint density at radius 3 is 2.50 bits per heavy atom. The molecule has 0 unspecified atom stereocenters. The Labute approximate surface area is 124 Å². The summed E-state index contributed by atoms with van der Waals surface area (Å²) in [6.45, 7) is 0.256. The van der Waals surface area contributed by atoms with Crippen molar-refractivity contribution >= 4 is 18.1 Å². The molecule has 0 radical (unpaired) electrons. The van der Waals surface area contributed by atoms with Crippen molar-refractivity contribution in [2.45, 2.75) is 31.7 Å². The Morgan fingerprint density at radius 2 is 1.91 bits per heavy atom. The van der Waals surface area contributed by atoms with Crippen LogP contribution in [-0.4, -0.2) is 45.0 Å². The third-order valence-electron chi connectivity index (χ3n) is 2.60. The lowest BCUT2D eigenvalue weighted by molar-refractivity contribution is -0.117. The van der Waals surface area contributed by atoms with Crippen LogP contribution in [0, 0.1) is 0 Å². The summed E-state index contributed by atoms with van der Waals surface area (Å²) in [6, 6.07) is -0.739. The number of nitrogens with one attached hydrogen (secondary N) is 2. The van der Waals surface area contributed by atoms with E-state index in [-0.39, 0.29) is 24.7 Å². The number of hydrogen-bond acceptors (Lipinski definition) is 6. The molecule has 0 fully saturated rings. The monoisotopic (exact) mass is 315 g/mol. The van der Waals surface area contributed by atoms with Crippen molar-refractivity contribution < 1.29 is 29.0 Å². The summed E-state index contributed by atoms with van der Waals surface area (Å²) in [7, 11) is 0. The van der Waals surface area contributed by atoms with Crippen molar-refractivity contribution in [2.24, 2.45) is 5.73 Å². The molecule has 0 bridgehead atoms. The first kappa shape index (κ1) is 17.2. The minimum absolute atomic E-state index is 0.00670. The van der Waals surface area contributed by atoms with Crippen LogP contribution in [0.2, 0.25) is 0 Å². The standard InChI is InChI=1S/C11H17N5O6/c12-7(17)5-8-15-16-9(22-8)6(14-11(20)21)3-1-2-4-13-10(18)19/h6,13-14H,1-5H2,(H2,12,17)(H,18,19)(H,20,21)/t6-/m0/s1. The summed E-state index contributed by atoms with van der Waals surface area (Å²) in [5, 5.41) is 29.0. The van der Waals surface area contributed by atoms with Gasteiger partial charge in [-0.1, -0.05) is 0 Å². The molecule has 1 atom stereocenters. The molecule has 0 aliphatic carbocycles. The number of amides is 3. The number of aromatic nitrogens is 2. The Kier molecular flexibility index (Phi) is 6.60. The average Bonchev–Trinajstić information content (AvgIpc) is 2.83. The molecule has 1 aromatic rings. The van der Waals surface area contributed by atoms with Crippen molar-refractivity contribution in [2.75, 3.05) is 6.54 Å². The molecule has 6 N–H and O–H groups in total. The third-order valence-corrected chi connectivity index (χ3v) is 2.60. The van der Waals surface area contributed by atoms with Gasteiger partial charge in [0, 0.05) is 6.54 Å². The topological polar surface area (TPSA) is 181 Å². The van der Waals surface area contributed by atoms with Gasteiger partial charge in [-0.25, -0.2) is 9.59 Å². The number of rotatable bonds is 9. The lowest BCUT2D eigenvalue weighted by atomic mass is 10.1. The zero-order chi connectivity index (χ0) is 16.5. The Bertz CT molecular complexity index is 531. The second kappa shape index (κ2) is 8.44. The maximum absolute atomic E-state index is 10.8. The third kappa shape index (κ3) is 6.54. The van der Waals surface area contributed by atoms with E-state index in [1.165, 1.54) is 0 Å². The van der Waals surface area contributed by atoms with Crippen LogP contribution in [0.25, 0.3) is 0 Å². The number of carbonyl (C=O) groups excluding carboxylic acids is 1. The highest BCUT2D eigenvalue weighted by Crippen LogP contribution is 2.18. The molecule has 0 spiro atoms. The highest BCUT2D eigenvalue weighted by Gasteiger charge is 2.21. The van der Waals surface area contributed by atoms with Gasteiger partial charge in [0.05, 0.1) is 0 Å². The van der Waals surface area contributed by atoms with Gasteiger partial charge in [-0.05, 0) is 19.3 Å². The van der Waals surface area contributed by atoms with E-state index in [2.05, 4.69) is 20.8 Å². The maximum Gasteiger partial charge on any atom is 0.405 e. The summed E-state index contributed by atoms with van der Waals surface area (Å²) >= 11 is 0. The van der Waals surface area contributed by atoms with Crippen molar-refractivity contribution in [3.8, 4) is 0 Å². The molecule has 122 valence electrons. The van der Waals surface area contributed by atoms with Gasteiger partial charge in [-0.15, -0.1) is 10.2 Å². The Morgan fingerprint density at radius 1 is 1.18 bits per heavy atom. The van der Waals surface area contributed by atoms with Crippen molar-refractivity contribution in [1.29, 1.82) is 0 Å². The van der Waals surface area contributed by atoms with Crippen LogP contribution in [0.1, 0.15) is 37.1 Å². The molecule has 11 heteroatoms. The summed E-state index contributed by atoms with van der Waals surface area (Å²) in [6.07, 6.45) is -1.22. The van der Waals surface area contributed by atoms with Crippen molar-refractivity contribution in [1.82, 2.24) is 20.8 Å². The van der Waals surface area contributed by atoms with Crippen LogP contribution in [0.4, 0.5) is 9.59 Å². The molecule has 1 rings (SSSR count). The summed E-state index contributed by atoms with van der Waals surface area (Å²) in [5.41, 5.74) is 5.00. The van der Waals surface area contributed by atoms with Crippen LogP contribution >= 0.6 is 0 Å². The highest BCUT2D eigenvalue weighted by molar-refractivity contribution is 5.75. The van der Waals surface area contributed by atoms with E-state index < -0.39 is 24.1 Å². The van der Waals surface area contributed by atoms with Gasteiger partial charge in [-0.2, -0.15) is 0 Å². The van der Waals surface area contributed by atoms with Gasteiger partial charge >= 0.3 is 12.2 Å². The van der Waals surface area contributed by atoms with E-state index in [1.807, 2.05) is 0 Å². The second-order valence-electron chi connectivity index (χ2n) is 4.41. The van der Waals surface area contributed by atoms with Gasteiger partial charge in [0.25, 0.3) is 0 Å². The molecule has 1 aromatic heterocycles. The molecule has 0 saturated heterocycles. The first-order chi connectivity index (χ1) is 10.4. The minimum atomic E-state index is -1.26. The normalized spacial score (nSPS) is 11.6. The lowest BCUT2D eigenvalue weighted by Gasteiger charge is -2.12. The van der Waals surface area contributed by atoms with E-state index in [0.29, 0.717) is 19.3 Å². The van der Waals surface area contributed by atoms with Crippen molar-refractivity contribution in [3.05, 3.63) is 11.8 Å². The van der Waals surface area contributed by atoms with E-state index >= 15 is 0 Å². The Hall–Kier alpha value is -2.85. The number of primary amides is 1. The molecule has 22 heavy (non-hydrogen) atoms. The van der Waals surface area contributed by atoms with Crippen LogP contribution in [0.15, 0.2) is 4.42 Å². The zero-order valence-corrected chi connectivity index (χ0v) is 11.6. The van der Waals surface area contributed by atoms with E-state index in [1.54, 1.807) is 0 Å². The number of unbranched alkanes of at least 4 members (excludes halogenated alkanes) is 1. The van der Waals surface area contributed by atoms with Crippen molar-refractivity contribution in [3.63, 3.8) is 0 Å². The Balaban J connectivity index is 2.56. The molecule has 11 nitrogen and oxygen atoms in total. The van der Waals surface area contributed by atoms with Crippen LogP contribution < -0.4 is 16.4 Å². The molecular formula is C11H17N5O6. The highest BCUT2D eigenvalue weighted by atomic mass is 16.4. The van der Waals surface area contributed by atoms with Gasteiger partial charge in [0.1, 0.15) is 12.5 Å². The summed E-state index contributed by atoms with van der Waals surface area (Å²) in [4.78, 5) is 31.8. The molecule has 0 saturated carbocycles. The fourth-order valence-electron chi connectivity index (χ4n) is 1.70. The summed E-state index contributed by atoms with van der Waals surface area (Å²) in [5.74, 6) is -0.602. The molecule has 3 amide bonds. The zero-order valence-electron chi connectivity index (χ0n) is 11.6. The second-order valence-corrected chi connectivity index (χ2v) is 4.41. The first-order valence-corrected chi connectivity index (χ1v) is 6.45. The average molecular weight is 315 g/mol. The van der Waals surface area contributed by atoms with E-state index in [0.717, 1.165) is 0 Å². The van der Waals surface area contributed by atoms with Gasteiger partial charge in [-0.3, -0.25) is 4.79 Å². The maximum atomic E-state index is 10.8. The molecule has 0 aliphatic heterocycles. The van der Waals surface area contributed by atoms with E-state index in [9.17, 15) is 14.4 Å². The number of nitrogens with two attached hydrogens (primary N) is 1. The number of carboxylic acid groups (broad SMARTS) is 2. The van der Waals surface area contributed by atoms with Gasteiger partial charge in [0.2, 0.25) is 17.7 Å². The quantitative estimate of drug-likeness (QED) is 0.390. The fourth-order valence-corrected chi connectivity index (χ4v) is 1.70. The number of hydrogen-bond donors (Lipinski definition) is 5. The fraction of sp³-hybridized carbons (Fsp3) is 0.545. The predicted octanol–water partition coefficient (Wildman–Crippen LogP) is -0.156. The minimum Gasteiger partial charge on any atom is -0.465 e. The summed E-state index contributed by atoms with van der Waals surface area (Å²) < 4.78 is 5.19. The van der Waals surface area contributed by atoms with Gasteiger partial charge in [0.15, 0.2) is 0 Å². The number of carbonyl (C=O) groups is 3. The van der Waals surface area contributed by atoms with Crippen LogP contribution in [0.3, 0.4) is 0 Å². The number of nitrogens with zero attached hydrogens (tertiary/aromatic N) is 2. The lowest BCUT2D eigenvalue weighted by Crippen LogP contribution is -2.27. The molecule has 1 heterocycles. The SMILES string of the molecule is NC(=O)Cc1nnc([C@H](CCCCNC(=O)O)NC(=O)O)o1. The predicted molar refractivity (Wildman–Crippen MR) is 71.0 cm³/mol.